The van der Waals surface area contributed by atoms with Crippen LogP contribution in [0.1, 0.15) is 55.8 Å². The van der Waals surface area contributed by atoms with Gasteiger partial charge in [-0.3, -0.25) is 9.48 Å². The first kappa shape index (κ1) is 21.5. The van der Waals surface area contributed by atoms with Gasteiger partial charge < -0.3 is 20.9 Å². The fourth-order valence-electron chi connectivity index (χ4n) is 4.24. The Hall–Kier alpha value is -2.68. The van der Waals surface area contributed by atoms with E-state index in [9.17, 15) is 4.79 Å². The molecule has 3 N–H and O–H groups in total. The second-order valence-electron chi connectivity index (χ2n) is 8.56. The molecule has 1 amide bonds. The van der Waals surface area contributed by atoms with Crippen LogP contribution < -0.4 is 16.0 Å². The molecule has 0 saturated carbocycles. The van der Waals surface area contributed by atoms with Crippen LogP contribution in [-0.4, -0.2) is 63.3 Å². The third-order valence-corrected chi connectivity index (χ3v) is 6.14. The number of aromatic nitrogens is 4. The molecule has 168 valence electrons. The van der Waals surface area contributed by atoms with Gasteiger partial charge in [0.2, 0.25) is 11.9 Å². The van der Waals surface area contributed by atoms with Gasteiger partial charge in [-0.25, -0.2) is 4.98 Å². The average Bonchev–Trinajstić information content (AvgIpc) is 3.15. The Balaban J connectivity index is 1.33. The van der Waals surface area contributed by atoms with E-state index in [0.717, 1.165) is 87.6 Å². The largest absolute Gasteiger partial charge is 0.370 e. The molecule has 0 atom stereocenters. The quantitative estimate of drug-likeness (QED) is 0.558. The molecule has 2 aliphatic heterocycles. The Morgan fingerprint density at radius 3 is 2.87 bits per heavy atom. The van der Waals surface area contributed by atoms with E-state index in [1.54, 1.807) is 0 Å². The van der Waals surface area contributed by atoms with Crippen molar-refractivity contribution in [1.29, 1.82) is 0 Å². The third-order valence-electron chi connectivity index (χ3n) is 6.14. The molecule has 2 aliphatic rings. The summed E-state index contributed by atoms with van der Waals surface area (Å²) in [6.45, 7) is 8.55. The van der Waals surface area contributed by atoms with Crippen LogP contribution in [0.25, 0.3) is 0 Å². The molecule has 2 aromatic heterocycles. The first-order chi connectivity index (χ1) is 15.1. The Morgan fingerprint density at radius 1 is 1.23 bits per heavy atom. The lowest BCUT2D eigenvalue weighted by Gasteiger charge is -2.26. The molecule has 4 heterocycles. The second-order valence-corrected chi connectivity index (χ2v) is 8.56. The highest BCUT2D eigenvalue weighted by Gasteiger charge is 2.18. The highest BCUT2D eigenvalue weighted by molar-refractivity contribution is 5.76. The Labute approximate surface area is 184 Å². The van der Waals surface area contributed by atoms with Crippen LogP contribution in [-0.2, 0) is 4.79 Å². The van der Waals surface area contributed by atoms with Crippen molar-refractivity contribution in [2.75, 3.05) is 43.4 Å². The van der Waals surface area contributed by atoms with Crippen LogP contribution in [0.5, 0.6) is 0 Å². The van der Waals surface area contributed by atoms with Gasteiger partial charge >= 0.3 is 0 Å². The molecule has 0 aromatic carbocycles. The van der Waals surface area contributed by atoms with E-state index in [0.29, 0.717) is 18.4 Å². The lowest BCUT2D eigenvalue weighted by molar-refractivity contribution is -0.133. The van der Waals surface area contributed by atoms with Crippen LogP contribution in [0, 0.1) is 13.8 Å². The molecule has 9 heteroatoms. The number of amides is 1. The molecule has 31 heavy (non-hydrogen) atoms. The zero-order chi connectivity index (χ0) is 21.6. The molecule has 2 aromatic rings. The molecular weight excluding hydrogens is 392 g/mol. The predicted octanol–water partition coefficient (Wildman–Crippen LogP) is 2.77. The molecule has 0 radical (unpaired) electrons. The molecule has 0 bridgehead atoms. The lowest BCUT2D eigenvalue weighted by Crippen LogP contribution is -2.36. The zero-order valence-corrected chi connectivity index (χ0v) is 18.7. The second kappa shape index (κ2) is 10.1. The van der Waals surface area contributed by atoms with E-state index in [1.165, 1.54) is 0 Å². The van der Waals surface area contributed by atoms with Crippen molar-refractivity contribution < 1.29 is 4.79 Å². The molecule has 2 saturated heterocycles. The fraction of sp³-hybridized carbons (Fsp3) is 0.636. The average molecular weight is 427 g/mol. The van der Waals surface area contributed by atoms with E-state index in [-0.39, 0.29) is 5.91 Å². The smallest absolute Gasteiger partial charge is 0.229 e. The van der Waals surface area contributed by atoms with E-state index in [1.807, 2.05) is 24.9 Å². The first-order valence-electron chi connectivity index (χ1n) is 11.5. The Bertz CT molecular complexity index is 890. The topological polar surface area (TPSA) is 100 Å². The van der Waals surface area contributed by atoms with Gasteiger partial charge in [0.1, 0.15) is 5.82 Å². The number of carbonyl (C=O) groups excluding carboxylic acids is 1. The normalized spacial score (nSPS) is 17.7. The van der Waals surface area contributed by atoms with Gasteiger partial charge in [0.05, 0.1) is 17.4 Å². The van der Waals surface area contributed by atoms with Crippen LogP contribution in [0.15, 0.2) is 12.4 Å². The van der Waals surface area contributed by atoms with E-state index < -0.39 is 0 Å². The molecule has 9 nitrogen and oxygen atoms in total. The van der Waals surface area contributed by atoms with Gasteiger partial charge in [0, 0.05) is 44.0 Å². The van der Waals surface area contributed by atoms with Crippen molar-refractivity contribution in [3.05, 3.63) is 23.7 Å². The summed E-state index contributed by atoms with van der Waals surface area (Å²) in [4.78, 5) is 23.0. The van der Waals surface area contributed by atoms with Gasteiger partial charge in [0.25, 0.3) is 0 Å². The summed E-state index contributed by atoms with van der Waals surface area (Å²) in [6, 6.07) is 0.443. The minimum absolute atomic E-state index is 0.288. The number of piperidine rings is 2. The van der Waals surface area contributed by atoms with Crippen molar-refractivity contribution in [2.24, 2.45) is 0 Å². The standard InChI is InChI=1S/C22H34N8O/c1-16-14-25-22(26-19-15-30(28-17(19)2)18-7-10-23-11-8-18)27-21(16)24-9-5-13-29-12-4-3-6-20(29)31/h14-15,18,23H,3-13H2,1-2H3,(H2,24,25,26,27). The zero-order valence-electron chi connectivity index (χ0n) is 18.7. The van der Waals surface area contributed by atoms with Crippen LogP contribution in [0.3, 0.4) is 0 Å². The molecule has 0 aliphatic carbocycles. The SMILES string of the molecule is Cc1cnc(Nc2cn(C3CCNCC3)nc2C)nc1NCCCN1CCCCC1=O. The highest BCUT2D eigenvalue weighted by Crippen LogP contribution is 2.24. The van der Waals surface area contributed by atoms with Crippen molar-refractivity contribution >= 4 is 23.4 Å². The molecule has 0 unspecified atom stereocenters. The van der Waals surface area contributed by atoms with Crippen molar-refractivity contribution in [1.82, 2.24) is 30.0 Å². The fourth-order valence-corrected chi connectivity index (χ4v) is 4.24. The summed E-state index contributed by atoms with van der Waals surface area (Å²) < 4.78 is 2.08. The number of hydrogen-bond donors (Lipinski definition) is 3. The van der Waals surface area contributed by atoms with Gasteiger partial charge in [0.15, 0.2) is 0 Å². The third kappa shape index (κ3) is 5.52. The molecule has 4 rings (SSSR count). The number of hydrogen-bond acceptors (Lipinski definition) is 7. The van der Waals surface area contributed by atoms with E-state index >= 15 is 0 Å². The first-order valence-corrected chi connectivity index (χ1v) is 11.5. The van der Waals surface area contributed by atoms with Gasteiger partial charge in [-0.05, 0) is 59.0 Å². The van der Waals surface area contributed by atoms with Crippen LogP contribution >= 0.6 is 0 Å². The number of rotatable bonds is 8. The molecule has 0 spiro atoms. The molecular formula is C22H34N8O. The van der Waals surface area contributed by atoms with Crippen molar-refractivity contribution in [2.45, 2.75) is 58.4 Å². The van der Waals surface area contributed by atoms with Crippen LogP contribution in [0.4, 0.5) is 17.5 Å². The number of likely N-dealkylation sites (tertiary alicyclic amines) is 1. The summed E-state index contributed by atoms with van der Waals surface area (Å²) >= 11 is 0. The summed E-state index contributed by atoms with van der Waals surface area (Å²) in [5.74, 6) is 1.68. The summed E-state index contributed by atoms with van der Waals surface area (Å²) in [5.41, 5.74) is 2.89. The monoisotopic (exact) mass is 426 g/mol. The number of aryl methyl sites for hydroxylation is 2. The number of nitrogens with zero attached hydrogens (tertiary/aromatic N) is 5. The van der Waals surface area contributed by atoms with E-state index in [2.05, 4.69) is 36.8 Å². The maximum absolute atomic E-state index is 11.9. The van der Waals surface area contributed by atoms with Gasteiger partial charge in [-0.1, -0.05) is 0 Å². The Kier molecular flexibility index (Phi) is 7.01. The van der Waals surface area contributed by atoms with Crippen molar-refractivity contribution in [3.8, 4) is 0 Å². The minimum Gasteiger partial charge on any atom is -0.370 e. The lowest BCUT2D eigenvalue weighted by atomic mass is 10.1. The van der Waals surface area contributed by atoms with E-state index in [4.69, 9.17) is 5.10 Å². The highest BCUT2D eigenvalue weighted by atomic mass is 16.2. The number of carbonyl (C=O) groups is 1. The Morgan fingerprint density at radius 2 is 2.06 bits per heavy atom. The summed E-state index contributed by atoms with van der Waals surface area (Å²) in [5, 5.41) is 14.8. The maximum Gasteiger partial charge on any atom is 0.229 e. The minimum atomic E-state index is 0.288. The maximum atomic E-state index is 11.9. The van der Waals surface area contributed by atoms with Crippen molar-refractivity contribution in [3.63, 3.8) is 0 Å². The summed E-state index contributed by atoms with van der Waals surface area (Å²) in [7, 11) is 0. The van der Waals surface area contributed by atoms with Gasteiger partial charge in [-0.15, -0.1) is 0 Å². The number of nitrogens with one attached hydrogen (secondary N) is 3. The summed E-state index contributed by atoms with van der Waals surface area (Å²) in [6.07, 6.45) is 9.83. The molecule has 2 fully saturated rings. The predicted molar refractivity (Wildman–Crippen MR) is 122 cm³/mol. The van der Waals surface area contributed by atoms with Crippen LogP contribution in [0.2, 0.25) is 0 Å². The number of anilines is 3. The van der Waals surface area contributed by atoms with Gasteiger partial charge in [-0.2, -0.15) is 10.1 Å².